The fourth-order valence-electron chi connectivity index (χ4n) is 2.26. The van der Waals surface area contributed by atoms with Crippen LogP contribution in [0.2, 0.25) is 0 Å². The molecule has 0 radical (unpaired) electrons. The third-order valence-corrected chi connectivity index (χ3v) is 3.42. The van der Waals surface area contributed by atoms with Crippen LogP contribution in [0.15, 0.2) is 24.3 Å². The molecular weight excluding hydrogens is 212 g/mol. The lowest BCUT2D eigenvalue weighted by Gasteiger charge is -2.18. The van der Waals surface area contributed by atoms with Gasteiger partial charge in [0.05, 0.1) is 6.04 Å². The molecule has 17 heavy (non-hydrogen) atoms. The Morgan fingerprint density at radius 2 is 1.82 bits per heavy atom. The third kappa shape index (κ3) is 2.67. The van der Waals surface area contributed by atoms with Gasteiger partial charge >= 0.3 is 0 Å². The molecule has 1 aromatic rings. The lowest BCUT2D eigenvalue weighted by atomic mass is 10.0. The molecule has 1 aliphatic carbocycles. The molecule has 3 nitrogen and oxygen atoms in total. The summed E-state index contributed by atoms with van der Waals surface area (Å²) >= 11 is 0. The first-order valence-corrected chi connectivity index (χ1v) is 6.20. The summed E-state index contributed by atoms with van der Waals surface area (Å²) < 4.78 is 0. The van der Waals surface area contributed by atoms with Crippen LogP contribution in [-0.4, -0.2) is 18.0 Å². The van der Waals surface area contributed by atoms with Gasteiger partial charge in [-0.3, -0.25) is 4.79 Å². The van der Waals surface area contributed by atoms with Crippen LogP contribution in [-0.2, 0) is 17.6 Å². The minimum atomic E-state index is -0.404. The Balaban J connectivity index is 1.94. The lowest BCUT2D eigenvalue weighted by Crippen LogP contribution is -2.48. The Morgan fingerprint density at radius 1 is 1.29 bits per heavy atom. The lowest BCUT2D eigenvalue weighted by molar-refractivity contribution is -0.123. The number of benzene rings is 1. The summed E-state index contributed by atoms with van der Waals surface area (Å²) in [4.78, 5) is 11.9. The van der Waals surface area contributed by atoms with Crippen LogP contribution in [0.25, 0.3) is 0 Å². The van der Waals surface area contributed by atoms with Gasteiger partial charge in [0.15, 0.2) is 0 Å². The molecule has 3 N–H and O–H groups in total. The highest BCUT2D eigenvalue weighted by molar-refractivity contribution is 5.82. The fraction of sp³-hybridized carbons (Fsp3) is 0.500. The Labute approximate surface area is 102 Å². The van der Waals surface area contributed by atoms with Crippen LogP contribution < -0.4 is 11.1 Å². The van der Waals surface area contributed by atoms with E-state index >= 15 is 0 Å². The predicted molar refractivity (Wildman–Crippen MR) is 68.6 cm³/mol. The number of fused-ring (bicyclic) bond motifs is 1. The summed E-state index contributed by atoms with van der Waals surface area (Å²) in [6.45, 7) is 3.93. The van der Waals surface area contributed by atoms with Gasteiger partial charge in [0.1, 0.15) is 0 Å². The second-order valence-electron chi connectivity index (χ2n) is 5.15. The molecule has 0 saturated carbocycles. The Bertz CT molecular complexity index is 389. The molecule has 1 unspecified atom stereocenters. The van der Waals surface area contributed by atoms with Crippen LogP contribution in [0.1, 0.15) is 25.0 Å². The zero-order valence-corrected chi connectivity index (χ0v) is 10.4. The highest BCUT2D eigenvalue weighted by Crippen LogP contribution is 2.21. The van der Waals surface area contributed by atoms with E-state index in [1.807, 2.05) is 26.0 Å². The van der Waals surface area contributed by atoms with Crippen molar-refractivity contribution in [2.75, 3.05) is 0 Å². The predicted octanol–water partition coefficient (Wildman–Crippen LogP) is 1.25. The Kier molecular flexibility index (Phi) is 3.48. The molecule has 0 aromatic heterocycles. The summed E-state index contributed by atoms with van der Waals surface area (Å²) in [7, 11) is 0. The number of amides is 1. The molecule has 92 valence electrons. The van der Waals surface area contributed by atoms with Crippen LogP contribution in [0.4, 0.5) is 0 Å². The van der Waals surface area contributed by atoms with E-state index in [-0.39, 0.29) is 17.9 Å². The molecule has 0 heterocycles. The highest BCUT2D eigenvalue weighted by Gasteiger charge is 2.25. The molecule has 0 saturated heterocycles. The molecule has 3 heteroatoms. The van der Waals surface area contributed by atoms with Gasteiger partial charge in [-0.2, -0.15) is 0 Å². The molecule has 1 amide bonds. The second-order valence-corrected chi connectivity index (χ2v) is 5.15. The maximum Gasteiger partial charge on any atom is 0.237 e. The normalized spacial score (nSPS) is 16.9. The zero-order chi connectivity index (χ0) is 12.4. The van der Waals surface area contributed by atoms with Crippen molar-refractivity contribution in [3.05, 3.63) is 35.4 Å². The first-order chi connectivity index (χ1) is 8.08. The maximum atomic E-state index is 11.9. The summed E-state index contributed by atoms with van der Waals surface area (Å²) in [6.07, 6.45) is 1.85. The molecular formula is C14H20N2O. The molecule has 0 spiro atoms. The number of hydrogen-bond acceptors (Lipinski definition) is 2. The molecule has 2 rings (SSSR count). The van der Waals surface area contributed by atoms with Crippen molar-refractivity contribution >= 4 is 5.91 Å². The number of nitrogens with two attached hydrogens (primary N) is 1. The van der Waals surface area contributed by atoms with Gasteiger partial charge in [-0.25, -0.2) is 0 Å². The van der Waals surface area contributed by atoms with Crippen molar-refractivity contribution in [3.63, 3.8) is 0 Å². The highest BCUT2D eigenvalue weighted by atomic mass is 16.2. The van der Waals surface area contributed by atoms with E-state index in [0.717, 1.165) is 12.8 Å². The zero-order valence-electron chi connectivity index (χ0n) is 10.4. The van der Waals surface area contributed by atoms with E-state index in [9.17, 15) is 4.79 Å². The topological polar surface area (TPSA) is 55.1 Å². The third-order valence-electron chi connectivity index (χ3n) is 3.42. The number of nitrogens with one attached hydrogen (secondary N) is 1. The van der Waals surface area contributed by atoms with E-state index < -0.39 is 6.04 Å². The Morgan fingerprint density at radius 3 is 2.29 bits per heavy atom. The number of carbonyl (C=O) groups is 1. The van der Waals surface area contributed by atoms with Crippen molar-refractivity contribution in [1.29, 1.82) is 0 Å². The van der Waals surface area contributed by atoms with Gasteiger partial charge in [-0.15, -0.1) is 0 Å². The minimum absolute atomic E-state index is 0.0298. The average molecular weight is 232 g/mol. The monoisotopic (exact) mass is 232 g/mol. The van der Waals surface area contributed by atoms with Crippen molar-refractivity contribution < 1.29 is 4.79 Å². The smallest absolute Gasteiger partial charge is 0.237 e. The molecule has 1 atom stereocenters. The minimum Gasteiger partial charge on any atom is -0.351 e. The molecule has 0 fully saturated rings. The van der Waals surface area contributed by atoms with Crippen LogP contribution in [0.3, 0.4) is 0 Å². The second kappa shape index (κ2) is 4.88. The standard InChI is InChI=1S/C14H20N2O/c1-9(2)13(15)14(17)16-12-7-10-5-3-4-6-11(10)8-12/h3-6,9,12-13H,7-8,15H2,1-2H3,(H,16,17). The van der Waals surface area contributed by atoms with Gasteiger partial charge < -0.3 is 11.1 Å². The Hall–Kier alpha value is -1.35. The van der Waals surface area contributed by atoms with Gasteiger partial charge in [-0.1, -0.05) is 38.1 Å². The van der Waals surface area contributed by atoms with E-state index in [1.165, 1.54) is 11.1 Å². The molecule has 0 aliphatic heterocycles. The van der Waals surface area contributed by atoms with Crippen molar-refractivity contribution in [2.24, 2.45) is 11.7 Å². The quantitative estimate of drug-likeness (QED) is 0.824. The summed E-state index contributed by atoms with van der Waals surface area (Å²) in [5.74, 6) is 0.150. The van der Waals surface area contributed by atoms with Crippen LogP contribution in [0.5, 0.6) is 0 Å². The van der Waals surface area contributed by atoms with E-state index in [4.69, 9.17) is 5.73 Å². The fourth-order valence-corrected chi connectivity index (χ4v) is 2.26. The van der Waals surface area contributed by atoms with Gasteiger partial charge in [0.25, 0.3) is 0 Å². The summed E-state index contributed by atoms with van der Waals surface area (Å²) in [5, 5.41) is 3.04. The van der Waals surface area contributed by atoms with Gasteiger partial charge in [0, 0.05) is 6.04 Å². The number of rotatable bonds is 3. The number of hydrogen-bond donors (Lipinski definition) is 2. The van der Waals surface area contributed by atoms with Crippen LogP contribution in [0, 0.1) is 5.92 Å². The largest absolute Gasteiger partial charge is 0.351 e. The molecule has 0 bridgehead atoms. The van der Waals surface area contributed by atoms with Crippen molar-refractivity contribution in [1.82, 2.24) is 5.32 Å². The van der Waals surface area contributed by atoms with Gasteiger partial charge in [-0.05, 0) is 29.9 Å². The van der Waals surface area contributed by atoms with Crippen LogP contribution >= 0.6 is 0 Å². The molecule has 1 aliphatic rings. The van der Waals surface area contributed by atoms with E-state index in [0.29, 0.717) is 0 Å². The van der Waals surface area contributed by atoms with E-state index in [2.05, 4.69) is 17.4 Å². The average Bonchev–Trinajstić information content (AvgIpc) is 2.69. The number of carbonyl (C=O) groups excluding carboxylic acids is 1. The van der Waals surface area contributed by atoms with Crippen molar-refractivity contribution in [2.45, 2.75) is 38.8 Å². The molecule has 1 aromatic carbocycles. The first-order valence-electron chi connectivity index (χ1n) is 6.20. The van der Waals surface area contributed by atoms with Crippen molar-refractivity contribution in [3.8, 4) is 0 Å². The maximum absolute atomic E-state index is 11.9. The summed E-state index contributed by atoms with van der Waals surface area (Å²) in [6, 6.07) is 8.16. The first kappa shape index (κ1) is 12.1. The SMILES string of the molecule is CC(C)C(N)C(=O)NC1Cc2ccccc2C1. The van der Waals surface area contributed by atoms with Gasteiger partial charge in [0.2, 0.25) is 5.91 Å². The van der Waals surface area contributed by atoms with E-state index in [1.54, 1.807) is 0 Å². The summed E-state index contributed by atoms with van der Waals surface area (Å²) in [5.41, 5.74) is 8.52.